The Balaban J connectivity index is 2.42. The highest BCUT2D eigenvalue weighted by Gasteiger charge is 2.11. The van der Waals surface area contributed by atoms with Gasteiger partial charge in [-0.25, -0.2) is 4.98 Å². The lowest BCUT2D eigenvalue weighted by Crippen LogP contribution is -1.80. The van der Waals surface area contributed by atoms with Crippen LogP contribution in [-0.4, -0.2) is 4.98 Å². The Morgan fingerprint density at radius 1 is 1.19 bits per heavy atom. The summed E-state index contributed by atoms with van der Waals surface area (Å²) in [6, 6.07) is 5.18. The fraction of sp³-hybridized carbons (Fsp3) is 0.182. The van der Waals surface area contributed by atoms with E-state index in [1.807, 2.05) is 0 Å². The van der Waals surface area contributed by atoms with Crippen LogP contribution in [0.3, 0.4) is 0 Å². The number of alkyl halides is 1. The van der Waals surface area contributed by atoms with E-state index in [0.717, 1.165) is 5.56 Å². The molecular weight excluding hydrogens is 268 g/mol. The van der Waals surface area contributed by atoms with Crippen LogP contribution in [0.4, 0.5) is 0 Å². The van der Waals surface area contributed by atoms with E-state index in [4.69, 9.17) is 39.2 Å². The zero-order valence-electron chi connectivity index (χ0n) is 8.38. The molecule has 0 saturated heterocycles. The van der Waals surface area contributed by atoms with Gasteiger partial charge in [-0.2, -0.15) is 0 Å². The van der Waals surface area contributed by atoms with Crippen molar-refractivity contribution in [1.82, 2.24) is 4.98 Å². The van der Waals surface area contributed by atoms with Gasteiger partial charge in [0.2, 0.25) is 5.89 Å². The molecule has 1 atom stereocenters. The maximum absolute atomic E-state index is 5.90. The first-order valence-electron chi connectivity index (χ1n) is 4.62. The molecule has 0 bridgehead atoms. The second kappa shape index (κ2) is 4.66. The summed E-state index contributed by atoms with van der Waals surface area (Å²) in [5.74, 6) is 1.08. The molecule has 1 aromatic carbocycles. The highest BCUT2D eigenvalue weighted by molar-refractivity contribution is 6.35. The highest BCUT2D eigenvalue weighted by atomic mass is 35.5. The third kappa shape index (κ3) is 2.51. The lowest BCUT2D eigenvalue weighted by atomic mass is 10.2. The van der Waals surface area contributed by atoms with Crippen LogP contribution in [-0.2, 0) is 0 Å². The zero-order valence-corrected chi connectivity index (χ0v) is 10.6. The smallest absolute Gasteiger partial charge is 0.212 e. The third-order valence-corrected chi connectivity index (χ3v) is 2.63. The fourth-order valence-corrected chi connectivity index (χ4v) is 1.93. The van der Waals surface area contributed by atoms with Gasteiger partial charge in [-0.3, -0.25) is 0 Å². The predicted octanol–water partition coefficient (Wildman–Crippen LogP) is 4.95. The minimum absolute atomic E-state index is 0.261. The van der Waals surface area contributed by atoms with Crippen LogP contribution >= 0.6 is 34.8 Å². The molecule has 1 unspecified atom stereocenters. The van der Waals surface area contributed by atoms with Crippen molar-refractivity contribution >= 4 is 34.8 Å². The van der Waals surface area contributed by atoms with Gasteiger partial charge in [-0.1, -0.05) is 23.2 Å². The summed E-state index contributed by atoms with van der Waals surface area (Å²) in [5, 5.41) is 0.849. The Morgan fingerprint density at radius 2 is 1.81 bits per heavy atom. The van der Waals surface area contributed by atoms with Crippen LogP contribution in [0.2, 0.25) is 10.0 Å². The van der Waals surface area contributed by atoms with E-state index < -0.39 is 0 Å². The fourth-order valence-electron chi connectivity index (χ4n) is 1.30. The van der Waals surface area contributed by atoms with Gasteiger partial charge in [0.05, 0.1) is 6.20 Å². The van der Waals surface area contributed by atoms with Gasteiger partial charge in [0.25, 0.3) is 0 Å². The highest BCUT2D eigenvalue weighted by Crippen LogP contribution is 2.29. The number of rotatable bonds is 2. The summed E-state index contributed by atoms with van der Waals surface area (Å²) >= 11 is 17.7. The molecule has 0 aliphatic heterocycles. The van der Waals surface area contributed by atoms with E-state index in [-0.39, 0.29) is 5.38 Å². The topological polar surface area (TPSA) is 26.0 Å². The van der Waals surface area contributed by atoms with Crippen molar-refractivity contribution in [2.75, 3.05) is 0 Å². The molecule has 1 heterocycles. The molecule has 0 aliphatic rings. The van der Waals surface area contributed by atoms with Crippen LogP contribution in [0.5, 0.6) is 0 Å². The van der Waals surface area contributed by atoms with Crippen LogP contribution in [0.1, 0.15) is 18.2 Å². The van der Waals surface area contributed by atoms with Crippen molar-refractivity contribution < 1.29 is 4.42 Å². The Kier molecular flexibility index (Phi) is 3.43. The predicted molar refractivity (Wildman–Crippen MR) is 66.2 cm³/mol. The standard InChI is InChI=1S/C11H8Cl3NO/c1-6(12)11-15-5-10(16-11)7-2-8(13)4-9(14)3-7/h2-6H,1H3. The van der Waals surface area contributed by atoms with Crippen LogP contribution in [0.25, 0.3) is 11.3 Å². The van der Waals surface area contributed by atoms with E-state index in [9.17, 15) is 0 Å². The molecule has 5 heteroatoms. The number of hydrogen-bond acceptors (Lipinski definition) is 2. The summed E-state index contributed by atoms with van der Waals surface area (Å²) in [4.78, 5) is 4.07. The van der Waals surface area contributed by atoms with Crippen LogP contribution < -0.4 is 0 Å². The molecule has 16 heavy (non-hydrogen) atoms. The van der Waals surface area contributed by atoms with Gasteiger partial charge in [-0.05, 0) is 25.1 Å². The molecule has 0 amide bonds. The van der Waals surface area contributed by atoms with Crippen molar-refractivity contribution in [3.05, 3.63) is 40.3 Å². The van der Waals surface area contributed by atoms with Crippen molar-refractivity contribution in [2.45, 2.75) is 12.3 Å². The van der Waals surface area contributed by atoms with Gasteiger partial charge >= 0.3 is 0 Å². The van der Waals surface area contributed by atoms with Crippen LogP contribution in [0.15, 0.2) is 28.8 Å². The van der Waals surface area contributed by atoms with Gasteiger partial charge in [-0.15, -0.1) is 11.6 Å². The lowest BCUT2D eigenvalue weighted by molar-refractivity contribution is 0.508. The summed E-state index contributed by atoms with van der Waals surface area (Å²) in [7, 11) is 0. The van der Waals surface area contributed by atoms with E-state index >= 15 is 0 Å². The van der Waals surface area contributed by atoms with E-state index in [0.29, 0.717) is 21.7 Å². The molecule has 0 radical (unpaired) electrons. The first-order chi connectivity index (χ1) is 7.56. The lowest BCUT2D eigenvalue weighted by Gasteiger charge is -1.99. The number of benzene rings is 1. The van der Waals surface area contributed by atoms with Crippen molar-refractivity contribution in [3.63, 3.8) is 0 Å². The molecule has 2 nitrogen and oxygen atoms in total. The zero-order chi connectivity index (χ0) is 11.7. The summed E-state index contributed by atoms with van der Waals surface area (Å²) in [6.07, 6.45) is 1.61. The molecule has 1 aromatic heterocycles. The number of oxazole rings is 1. The summed E-state index contributed by atoms with van der Waals surface area (Å²) in [5.41, 5.74) is 0.786. The molecule has 0 spiro atoms. The molecule has 0 aliphatic carbocycles. The maximum atomic E-state index is 5.90. The Bertz CT molecular complexity index is 487. The van der Waals surface area contributed by atoms with Crippen molar-refractivity contribution in [3.8, 4) is 11.3 Å². The second-order valence-electron chi connectivity index (χ2n) is 3.34. The quantitative estimate of drug-likeness (QED) is 0.725. The maximum Gasteiger partial charge on any atom is 0.212 e. The summed E-state index contributed by atoms with van der Waals surface area (Å²) in [6.45, 7) is 1.79. The Hall–Kier alpha value is -0.700. The molecule has 2 aromatic rings. The van der Waals surface area contributed by atoms with Crippen LogP contribution in [0, 0.1) is 0 Å². The Morgan fingerprint density at radius 3 is 2.31 bits per heavy atom. The Labute approximate surface area is 108 Å². The first-order valence-corrected chi connectivity index (χ1v) is 5.82. The van der Waals surface area contributed by atoms with Gasteiger partial charge in [0.1, 0.15) is 5.38 Å². The monoisotopic (exact) mass is 275 g/mol. The largest absolute Gasteiger partial charge is 0.439 e. The number of aromatic nitrogens is 1. The molecule has 84 valence electrons. The molecule has 2 rings (SSSR count). The van der Waals surface area contributed by atoms with Crippen molar-refractivity contribution in [2.24, 2.45) is 0 Å². The minimum atomic E-state index is -0.261. The second-order valence-corrected chi connectivity index (χ2v) is 4.86. The molecule has 0 saturated carbocycles. The summed E-state index contributed by atoms with van der Waals surface area (Å²) < 4.78 is 5.48. The first kappa shape index (κ1) is 11.8. The SMILES string of the molecule is CC(Cl)c1ncc(-c2cc(Cl)cc(Cl)c2)o1. The van der Waals surface area contributed by atoms with E-state index in [1.165, 1.54) is 0 Å². The van der Waals surface area contributed by atoms with Gasteiger partial charge in [0.15, 0.2) is 5.76 Å². The number of hydrogen-bond donors (Lipinski definition) is 0. The molecule has 0 N–H and O–H groups in total. The average Bonchev–Trinajstić information content (AvgIpc) is 2.64. The normalized spacial score (nSPS) is 12.8. The average molecular weight is 277 g/mol. The molecular formula is C11H8Cl3NO. The van der Waals surface area contributed by atoms with E-state index in [2.05, 4.69) is 4.98 Å². The van der Waals surface area contributed by atoms with Gasteiger partial charge < -0.3 is 4.42 Å². The van der Waals surface area contributed by atoms with Crippen molar-refractivity contribution in [1.29, 1.82) is 0 Å². The number of nitrogens with zero attached hydrogens (tertiary/aromatic N) is 1. The third-order valence-electron chi connectivity index (χ3n) is 2.01. The van der Waals surface area contributed by atoms with Gasteiger partial charge in [0, 0.05) is 15.6 Å². The van der Waals surface area contributed by atoms with E-state index in [1.54, 1.807) is 31.3 Å². The number of halogens is 3. The molecule has 0 fully saturated rings. The minimum Gasteiger partial charge on any atom is -0.439 e.